The van der Waals surface area contributed by atoms with E-state index < -0.39 is 0 Å². The Morgan fingerprint density at radius 2 is 2.00 bits per heavy atom. The molecule has 0 bridgehead atoms. The predicted octanol–water partition coefficient (Wildman–Crippen LogP) is 4.31. The van der Waals surface area contributed by atoms with Crippen LogP contribution in [0.2, 0.25) is 0 Å². The number of nitrogens with one attached hydrogen (secondary N) is 2. The van der Waals surface area contributed by atoms with Crippen molar-refractivity contribution < 1.29 is 9.59 Å². The molecule has 0 fully saturated rings. The number of hydrogen-bond acceptors (Lipinski definition) is 3. The van der Waals surface area contributed by atoms with Gasteiger partial charge in [0.1, 0.15) is 0 Å². The summed E-state index contributed by atoms with van der Waals surface area (Å²) >= 11 is 3.49. The van der Waals surface area contributed by atoms with E-state index in [0.717, 1.165) is 83.8 Å². The number of carbonyl (C=O) groups excluding carboxylic acids is 2. The summed E-state index contributed by atoms with van der Waals surface area (Å²) in [5, 5.41) is 2.92. The Labute approximate surface area is 191 Å². The quantitative estimate of drug-likeness (QED) is 0.600. The molecule has 6 nitrogen and oxygen atoms in total. The number of anilines is 1. The summed E-state index contributed by atoms with van der Waals surface area (Å²) in [6.45, 7) is 10.7. The summed E-state index contributed by atoms with van der Waals surface area (Å²) in [6, 6.07) is 5.75. The zero-order chi connectivity index (χ0) is 22.1. The minimum absolute atomic E-state index is 0.0945. The molecule has 1 aromatic heterocycles. The minimum atomic E-state index is -0.121. The fraction of sp³-hybridized carbons (Fsp3) is 0.417. The molecule has 2 aromatic rings. The minimum Gasteiger partial charge on any atom is -0.358 e. The van der Waals surface area contributed by atoms with Gasteiger partial charge in [-0.25, -0.2) is 0 Å². The molecule has 4 rings (SSSR count). The van der Waals surface area contributed by atoms with E-state index >= 15 is 0 Å². The highest BCUT2D eigenvalue weighted by Crippen LogP contribution is 2.36. The van der Waals surface area contributed by atoms with Crippen molar-refractivity contribution in [2.24, 2.45) is 0 Å². The van der Waals surface area contributed by atoms with Crippen LogP contribution in [0.4, 0.5) is 5.69 Å². The monoisotopic (exact) mass is 484 g/mol. The van der Waals surface area contributed by atoms with Gasteiger partial charge in [0.15, 0.2) is 0 Å². The van der Waals surface area contributed by atoms with Gasteiger partial charge in [-0.1, -0.05) is 29.8 Å². The van der Waals surface area contributed by atoms with E-state index in [1.54, 1.807) is 0 Å². The topological polar surface area (TPSA) is 68.4 Å². The number of rotatable bonds is 6. The van der Waals surface area contributed by atoms with Gasteiger partial charge in [-0.3, -0.25) is 9.59 Å². The maximum atomic E-state index is 13.4. The van der Waals surface area contributed by atoms with Crippen LogP contribution in [-0.4, -0.2) is 59.3 Å². The zero-order valence-electron chi connectivity index (χ0n) is 18.3. The van der Waals surface area contributed by atoms with Crippen LogP contribution in [0, 0.1) is 6.92 Å². The molecule has 2 N–H and O–H groups in total. The highest BCUT2D eigenvalue weighted by atomic mass is 79.9. The Hall–Kier alpha value is -2.38. The maximum Gasteiger partial charge on any atom is 0.256 e. The molecule has 2 amide bonds. The van der Waals surface area contributed by atoms with Crippen molar-refractivity contribution in [2.45, 2.75) is 33.6 Å². The summed E-state index contributed by atoms with van der Waals surface area (Å²) in [7, 11) is 0. The molecule has 3 heterocycles. The first-order valence-electron chi connectivity index (χ1n) is 11.0. The molecule has 0 spiro atoms. The molecule has 0 saturated carbocycles. The summed E-state index contributed by atoms with van der Waals surface area (Å²) in [5.74, 6) is -0.0263. The first-order chi connectivity index (χ1) is 14.9. The molecule has 0 unspecified atom stereocenters. The molecule has 1 aromatic carbocycles. The van der Waals surface area contributed by atoms with Crippen molar-refractivity contribution in [3.63, 3.8) is 0 Å². The van der Waals surface area contributed by atoms with E-state index in [0.29, 0.717) is 5.57 Å². The van der Waals surface area contributed by atoms with Gasteiger partial charge in [0.2, 0.25) is 0 Å². The van der Waals surface area contributed by atoms with E-state index in [-0.39, 0.29) is 11.8 Å². The number of hydrogen-bond donors (Lipinski definition) is 2. The molecular weight excluding hydrogens is 456 g/mol. The third kappa shape index (κ3) is 4.21. The number of aryl methyl sites for hydroxylation is 1. The van der Waals surface area contributed by atoms with Crippen LogP contribution in [0.3, 0.4) is 0 Å². The zero-order valence-corrected chi connectivity index (χ0v) is 19.9. The van der Waals surface area contributed by atoms with Gasteiger partial charge in [0, 0.05) is 46.7 Å². The second-order valence-corrected chi connectivity index (χ2v) is 9.06. The number of nitrogens with zero attached hydrogens (tertiary/aromatic N) is 2. The van der Waals surface area contributed by atoms with Gasteiger partial charge >= 0.3 is 0 Å². The van der Waals surface area contributed by atoms with Crippen LogP contribution in [-0.2, 0) is 11.2 Å². The molecule has 2 aliphatic rings. The Bertz CT molecular complexity index is 1050. The van der Waals surface area contributed by atoms with E-state index in [4.69, 9.17) is 0 Å². The Morgan fingerprint density at radius 3 is 2.74 bits per heavy atom. The number of aromatic nitrogens is 1. The second-order valence-electron chi connectivity index (χ2n) is 8.14. The number of benzene rings is 1. The summed E-state index contributed by atoms with van der Waals surface area (Å²) in [6.07, 6.45) is 3.65. The Morgan fingerprint density at radius 1 is 1.23 bits per heavy atom. The number of halogens is 1. The summed E-state index contributed by atoms with van der Waals surface area (Å²) in [4.78, 5) is 33.7. The standard InChI is InChI=1S/C24H29BrN4O2/c1-4-28(5-2)11-12-29-10-6-7-20-22(24(29)31)15(3)21(26-20)14-18-17-13-16(25)8-9-19(17)27-23(18)30/h8-9,13-14,26H,4-7,10-12H2,1-3H3,(H,27,30)/b18-14-. The van der Waals surface area contributed by atoms with Crippen LogP contribution in [0.1, 0.15) is 53.1 Å². The largest absolute Gasteiger partial charge is 0.358 e. The third-order valence-corrected chi connectivity index (χ3v) is 6.85. The number of carbonyl (C=O) groups is 2. The molecule has 0 atom stereocenters. The molecule has 0 saturated heterocycles. The van der Waals surface area contributed by atoms with Gasteiger partial charge < -0.3 is 20.1 Å². The van der Waals surface area contributed by atoms with Gasteiger partial charge in [0.25, 0.3) is 11.8 Å². The SMILES string of the molecule is CCN(CC)CCN1CCCc2[nH]c(/C=C3\C(=O)Nc4ccc(Br)cc43)c(C)c2C1=O. The van der Waals surface area contributed by atoms with Gasteiger partial charge in [-0.15, -0.1) is 0 Å². The number of aromatic amines is 1. The molecule has 7 heteroatoms. The van der Waals surface area contributed by atoms with E-state index in [2.05, 4.69) is 45.0 Å². The summed E-state index contributed by atoms with van der Waals surface area (Å²) < 4.78 is 0.923. The highest BCUT2D eigenvalue weighted by molar-refractivity contribution is 9.10. The molecule has 0 radical (unpaired) electrons. The van der Waals surface area contributed by atoms with Gasteiger partial charge in [-0.05, 0) is 62.7 Å². The lowest BCUT2D eigenvalue weighted by molar-refractivity contribution is -0.110. The lowest BCUT2D eigenvalue weighted by Gasteiger charge is -2.25. The fourth-order valence-corrected chi connectivity index (χ4v) is 4.83. The van der Waals surface area contributed by atoms with E-state index in [1.807, 2.05) is 36.1 Å². The molecule has 2 aliphatic heterocycles. The molecule has 164 valence electrons. The van der Waals surface area contributed by atoms with E-state index in [9.17, 15) is 9.59 Å². The average Bonchev–Trinajstić information content (AvgIpc) is 3.17. The average molecular weight is 485 g/mol. The fourth-order valence-electron chi connectivity index (χ4n) is 4.47. The third-order valence-electron chi connectivity index (χ3n) is 6.36. The van der Waals surface area contributed by atoms with Crippen molar-refractivity contribution in [2.75, 3.05) is 38.0 Å². The molecule has 31 heavy (non-hydrogen) atoms. The molecular formula is C24H29BrN4O2. The first kappa shape index (κ1) is 21.8. The first-order valence-corrected chi connectivity index (χ1v) is 11.8. The van der Waals surface area contributed by atoms with Crippen LogP contribution < -0.4 is 5.32 Å². The van der Waals surface area contributed by atoms with Crippen molar-refractivity contribution in [3.05, 3.63) is 50.8 Å². The summed E-state index contributed by atoms with van der Waals surface area (Å²) in [5.41, 5.74) is 5.80. The smallest absolute Gasteiger partial charge is 0.256 e. The second kappa shape index (κ2) is 9.01. The van der Waals surface area contributed by atoms with Crippen LogP contribution >= 0.6 is 15.9 Å². The van der Waals surface area contributed by atoms with Crippen LogP contribution in [0.15, 0.2) is 22.7 Å². The molecule has 0 aliphatic carbocycles. The van der Waals surface area contributed by atoms with Crippen molar-refractivity contribution in [1.82, 2.24) is 14.8 Å². The number of amides is 2. The van der Waals surface area contributed by atoms with Crippen molar-refractivity contribution in [1.29, 1.82) is 0 Å². The number of H-pyrrole nitrogens is 1. The van der Waals surface area contributed by atoms with Crippen LogP contribution in [0.25, 0.3) is 11.6 Å². The maximum absolute atomic E-state index is 13.4. The van der Waals surface area contributed by atoms with Crippen molar-refractivity contribution >= 4 is 45.1 Å². The number of fused-ring (bicyclic) bond motifs is 2. The van der Waals surface area contributed by atoms with Gasteiger partial charge in [0.05, 0.1) is 11.1 Å². The Balaban J connectivity index is 1.65. The lowest BCUT2D eigenvalue weighted by Crippen LogP contribution is -2.38. The lowest BCUT2D eigenvalue weighted by atomic mass is 10.0. The normalized spacial score (nSPS) is 17.2. The van der Waals surface area contributed by atoms with Crippen molar-refractivity contribution in [3.8, 4) is 0 Å². The highest BCUT2D eigenvalue weighted by Gasteiger charge is 2.29. The predicted molar refractivity (Wildman–Crippen MR) is 128 cm³/mol. The van der Waals surface area contributed by atoms with Gasteiger partial charge in [-0.2, -0.15) is 0 Å². The van der Waals surface area contributed by atoms with Crippen LogP contribution in [0.5, 0.6) is 0 Å². The number of likely N-dealkylation sites (N-methyl/N-ethyl adjacent to an activating group) is 1. The van der Waals surface area contributed by atoms with E-state index in [1.165, 1.54) is 0 Å². The Kier molecular flexibility index (Phi) is 6.34.